The fourth-order valence-electron chi connectivity index (χ4n) is 2.31. The number of hydrogen-bond acceptors (Lipinski definition) is 7. The van der Waals surface area contributed by atoms with Crippen LogP contribution < -0.4 is 10.7 Å². The van der Waals surface area contributed by atoms with Gasteiger partial charge < -0.3 is 5.11 Å². The van der Waals surface area contributed by atoms with Crippen molar-refractivity contribution >= 4 is 50.4 Å². The maximum absolute atomic E-state index is 12.2. The smallest absolute Gasteiger partial charge is 0.257 e. The largest absolute Gasteiger partial charge is 0.507 e. The van der Waals surface area contributed by atoms with E-state index in [0.29, 0.717) is 21.3 Å². The number of aromatic nitrogens is 2. The molecule has 0 saturated heterocycles. The van der Waals surface area contributed by atoms with E-state index in [2.05, 4.69) is 42.0 Å². The van der Waals surface area contributed by atoms with Crippen LogP contribution in [0.1, 0.15) is 26.5 Å². The maximum atomic E-state index is 12.2. The fraction of sp³-hybridized carbons (Fsp3) is 0.105. The van der Waals surface area contributed by atoms with Gasteiger partial charge in [0.15, 0.2) is 0 Å². The molecule has 2 amide bonds. The molecular formula is C19H16BrN5O3S. The number of halogens is 1. The van der Waals surface area contributed by atoms with Gasteiger partial charge in [-0.2, -0.15) is 5.10 Å². The topological polar surface area (TPSA) is 117 Å². The van der Waals surface area contributed by atoms with Crippen molar-refractivity contribution in [1.29, 1.82) is 0 Å². The predicted octanol–water partition coefficient (Wildman–Crippen LogP) is 3.26. The molecule has 0 radical (unpaired) electrons. The fourth-order valence-corrected chi connectivity index (χ4v) is 3.42. The minimum atomic E-state index is -0.400. The van der Waals surface area contributed by atoms with Gasteiger partial charge in [-0.1, -0.05) is 45.0 Å². The molecule has 148 valence electrons. The minimum Gasteiger partial charge on any atom is -0.507 e. The second kappa shape index (κ2) is 9.39. The number of hydrogen-bond donors (Lipinski definition) is 3. The highest BCUT2D eigenvalue weighted by Crippen LogP contribution is 2.20. The van der Waals surface area contributed by atoms with Crippen molar-refractivity contribution in [3.8, 4) is 5.75 Å². The molecule has 8 nitrogen and oxygen atoms in total. The number of amides is 2. The number of anilines is 1. The summed E-state index contributed by atoms with van der Waals surface area (Å²) in [5.41, 5.74) is 4.31. The Hall–Kier alpha value is -3.11. The van der Waals surface area contributed by atoms with Crippen LogP contribution in [0.25, 0.3) is 0 Å². The van der Waals surface area contributed by atoms with E-state index in [4.69, 9.17) is 0 Å². The normalized spacial score (nSPS) is 10.8. The van der Waals surface area contributed by atoms with E-state index in [1.165, 1.54) is 12.3 Å². The third kappa shape index (κ3) is 5.93. The zero-order valence-electron chi connectivity index (χ0n) is 15.2. The number of aromatic hydroxyl groups is 1. The highest BCUT2D eigenvalue weighted by atomic mass is 79.9. The van der Waals surface area contributed by atoms with E-state index in [-0.39, 0.29) is 18.1 Å². The molecule has 1 heterocycles. The average molecular weight is 474 g/mol. The molecule has 3 rings (SSSR count). The third-order valence-electron chi connectivity index (χ3n) is 3.66. The summed E-state index contributed by atoms with van der Waals surface area (Å²) in [6.07, 6.45) is 1.30. The van der Waals surface area contributed by atoms with Gasteiger partial charge in [-0.3, -0.25) is 14.9 Å². The van der Waals surface area contributed by atoms with Gasteiger partial charge in [0.25, 0.3) is 5.91 Å². The van der Waals surface area contributed by atoms with Crippen LogP contribution in [0.3, 0.4) is 0 Å². The highest BCUT2D eigenvalue weighted by Gasteiger charge is 2.12. The molecule has 0 atom stereocenters. The van der Waals surface area contributed by atoms with Crippen LogP contribution in [-0.4, -0.2) is 33.3 Å². The Morgan fingerprint density at radius 1 is 1.24 bits per heavy atom. The van der Waals surface area contributed by atoms with Crippen molar-refractivity contribution in [3.05, 3.63) is 68.6 Å². The van der Waals surface area contributed by atoms with Gasteiger partial charge >= 0.3 is 0 Å². The number of benzene rings is 2. The molecule has 1 aromatic heterocycles. The van der Waals surface area contributed by atoms with Crippen molar-refractivity contribution in [2.45, 2.75) is 13.3 Å². The summed E-state index contributed by atoms with van der Waals surface area (Å²) in [6.45, 7) is 1.90. The van der Waals surface area contributed by atoms with Gasteiger partial charge in [0.05, 0.1) is 12.6 Å². The lowest BCUT2D eigenvalue weighted by atomic mass is 10.1. The summed E-state index contributed by atoms with van der Waals surface area (Å²) < 4.78 is 0.775. The van der Waals surface area contributed by atoms with Crippen LogP contribution >= 0.6 is 27.3 Å². The number of carbonyl (C=O) groups excluding carboxylic acids is 2. The van der Waals surface area contributed by atoms with Crippen molar-refractivity contribution in [3.63, 3.8) is 0 Å². The quantitative estimate of drug-likeness (QED) is 0.375. The summed E-state index contributed by atoms with van der Waals surface area (Å²) in [4.78, 5) is 24.2. The number of carbonyl (C=O) groups is 2. The number of hydrazone groups is 1. The van der Waals surface area contributed by atoms with Gasteiger partial charge in [0, 0.05) is 15.6 Å². The van der Waals surface area contributed by atoms with Crippen molar-refractivity contribution in [1.82, 2.24) is 15.6 Å². The molecular weight excluding hydrogens is 458 g/mol. The Labute approximate surface area is 178 Å². The molecule has 0 aliphatic carbocycles. The molecule has 10 heteroatoms. The average Bonchev–Trinajstić information content (AvgIpc) is 3.11. The molecule has 0 spiro atoms. The summed E-state index contributed by atoms with van der Waals surface area (Å²) in [5.74, 6) is -0.646. The Morgan fingerprint density at radius 3 is 2.86 bits per heavy atom. The van der Waals surface area contributed by atoms with Gasteiger partial charge in [-0.05, 0) is 37.3 Å². The highest BCUT2D eigenvalue weighted by molar-refractivity contribution is 9.10. The first-order valence-electron chi connectivity index (χ1n) is 8.41. The zero-order valence-corrected chi connectivity index (χ0v) is 17.6. The summed E-state index contributed by atoms with van der Waals surface area (Å²) in [5, 5.41) is 24.8. The SMILES string of the molecule is Cc1cccc(C(=O)Nc2nnc(CC(=O)N/N=C\c3cc(Br)ccc3O)s2)c1. The van der Waals surface area contributed by atoms with E-state index in [9.17, 15) is 14.7 Å². The number of phenols is 1. The first kappa shape index (κ1) is 20.6. The van der Waals surface area contributed by atoms with Gasteiger partial charge in [0.2, 0.25) is 11.0 Å². The van der Waals surface area contributed by atoms with Crippen LogP contribution in [0.2, 0.25) is 0 Å². The molecule has 3 aromatic rings. The van der Waals surface area contributed by atoms with E-state index < -0.39 is 5.91 Å². The summed E-state index contributed by atoms with van der Waals surface area (Å²) in [6, 6.07) is 12.0. The number of phenolic OH excluding ortho intramolecular Hbond substituents is 1. The van der Waals surface area contributed by atoms with Crippen molar-refractivity contribution < 1.29 is 14.7 Å². The third-order valence-corrected chi connectivity index (χ3v) is 4.99. The summed E-state index contributed by atoms with van der Waals surface area (Å²) in [7, 11) is 0. The lowest BCUT2D eigenvalue weighted by Gasteiger charge is -2.01. The molecule has 0 aliphatic rings. The maximum Gasteiger partial charge on any atom is 0.257 e. The standard InChI is InChI=1S/C19H16BrN5O3S/c1-11-3-2-4-12(7-11)18(28)22-19-25-24-17(29-19)9-16(27)23-21-10-13-8-14(20)5-6-15(13)26/h2-8,10,26H,9H2,1H3,(H,23,27)(H,22,25,28)/b21-10-. The molecule has 0 unspecified atom stereocenters. The first-order chi connectivity index (χ1) is 13.9. The second-order valence-electron chi connectivity index (χ2n) is 6.00. The summed E-state index contributed by atoms with van der Waals surface area (Å²) >= 11 is 4.40. The van der Waals surface area contributed by atoms with Crippen LogP contribution in [0.5, 0.6) is 5.75 Å². The van der Waals surface area contributed by atoms with Gasteiger partial charge in [0.1, 0.15) is 10.8 Å². The van der Waals surface area contributed by atoms with Crippen LogP contribution in [0.15, 0.2) is 52.0 Å². The molecule has 2 aromatic carbocycles. The second-order valence-corrected chi connectivity index (χ2v) is 7.98. The molecule has 0 bridgehead atoms. The van der Waals surface area contributed by atoms with E-state index in [1.54, 1.807) is 30.3 Å². The van der Waals surface area contributed by atoms with Crippen molar-refractivity contribution in [2.75, 3.05) is 5.32 Å². The first-order valence-corrected chi connectivity index (χ1v) is 10.0. The number of rotatable bonds is 6. The van der Waals surface area contributed by atoms with Crippen LogP contribution in [0.4, 0.5) is 5.13 Å². The lowest BCUT2D eigenvalue weighted by Crippen LogP contribution is -2.19. The van der Waals surface area contributed by atoms with Crippen LogP contribution in [0, 0.1) is 6.92 Å². The van der Waals surface area contributed by atoms with Crippen LogP contribution in [-0.2, 0) is 11.2 Å². The Balaban J connectivity index is 1.54. The minimum absolute atomic E-state index is 0.0419. The molecule has 0 fully saturated rings. The number of nitrogens with zero attached hydrogens (tertiary/aromatic N) is 3. The van der Waals surface area contributed by atoms with Gasteiger partial charge in [-0.25, -0.2) is 5.43 Å². The Morgan fingerprint density at radius 2 is 2.07 bits per heavy atom. The predicted molar refractivity (Wildman–Crippen MR) is 114 cm³/mol. The van der Waals surface area contributed by atoms with Gasteiger partial charge in [-0.15, -0.1) is 10.2 Å². The number of nitrogens with one attached hydrogen (secondary N) is 2. The van der Waals surface area contributed by atoms with E-state index >= 15 is 0 Å². The molecule has 29 heavy (non-hydrogen) atoms. The van der Waals surface area contributed by atoms with E-state index in [1.807, 2.05) is 13.0 Å². The monoisotopic (exact) mass is 473 g/mol. The number of aryl methyl sites for hydroxylation is 1. The Bertz CT molecular complexity index is 1080. The molecule has 0 aliphatic heterocycles. The Kier molecular flexibility index (Phi) is 6.68. The lowest BCUT2D eigenvalue weighted by molar-refractivity contribution is -0.120. The van der Waals surface area contributed by atoms with Crippen molar-refractivity contribution in [2.24, 2.45) is 5.10 Å². The molecule has 0 saturated carbocycles. The van der Waals surface area contributed by atoms with E-state index in [0.717, 1.165) is 21.4 Å². The molecule has 3 N–H and O–H groups in total. The zero-order chi connectivity index (χ0) is 20.8.